The minimum Gasteiger partial charge on any atom is -0.454 e. The molecule has 29 heavy (non-hydrogen) atoms. The van der Waals surface area contributed by atoms with E-state index in [0.29, 0.717) is 34.1 Å². The van der Waals surface area contributed by atoms with Gasteiger partial charge in [-0.25, -0.2) is 4.79 Å². The van der Waals surface area contributed by atoms with Gasteiger partial charge in [0.1, 0.15) is 5.75 Å². The molecule has 0 bridgehead atoms. The summed E-state index contributed by atoms with van der Waals surface area (Å²) in [5, 5.41) is 5.56. The van der Waals surface area contributed by atoms with Crippen LogP contribution in [0.2, 0.25) is 0 Å². The predicted molar refractivity (Wildman–Crippen MR) is 114 cm³/mol. The number of ether oxygens (including phenoxy) is 1. The molecule has 0 fully saturated rings. The SMILES string of the molecule is Cc1cccc(NC(=O)Nc2ccc3c(c2)C(=O)N(C)c2cc(C)ccc2O3)c1. The van der Waals surface area contributed by atoms with Crippen molar-refractivity contribution in [2.45, 2.75) is 13.8 Å². The fourth-order valence-electron chi connectivity index (χ4n) is 3.26. The maximum atomic E-state index is 13.0. The molecular weight excluding hydrogens is 366 g/mol. The second-order valence-electron chi connectivity index (χ2n) is 7.10. The van der Waals surface area contributed by atoms with Gasteiger partial charge in [-0.15, -0.1) is 0 Å². The minimum absolute atomic E-state index is 0.202. The van der Waals surface area contributed by atoms with E-state index in [1.165, 1.54) is 0 Å². The Hall–Kier alpha value is -3.80. The van der Waals surface area contributed by atoms with Crippen LogP contribution < -0.4 is 20.3 Å². The summed E-state index contributed by atoms with van der Waals surface area (Å²) in [4.78, 5) is 26.9. The Morgan fingerprint density at radius 3 is 2.31 bits per heavy atom. The van der Waals surface area contributed by atoms with Gasteiger partial charge in [0.2, 0.25) is 0 Å². The Kier molecular flexibility index (Phi) is 4.68. The molecule has 2 N–H and O–H groups in total. The zero-order chi connectivity index (χ0) is 20.5. The van der Waals surface area contributed by atoms with Crippen molar-refractivity contribution in [3.63, 3.8) is 0 Å². The van der Waals surface area contributed by atoms with Gasteiger partial charge in [-0.1, -0.05) is 18.2 Å². The van der Waals surface area contributed by atoms with E-state index in [1.807, 2.05) is 56.3 Å². The Morgan fingerprint density at radius 2 is 1.55 bits per heavy atom. The van der Waals surface area contributed by atoms with E-state index in [9.17, 15) is 9.59 Å². The highest BCUT2D eigenvalue weighted by atomic mass is 16.5. The van der Waals surface area contributed by atoms with E-state index in [1.54, 1.807) is 30.1 Å². The molecule has 4 rings (SSSR count). The lowest BCUT2D eigenvalue weighted by Gasteiger charge is -2.16. The Balaban J connectivity index is 1.58. The van der Waals surface area contributed by atoms with E-state index in [-0.39, 0.29) is 11.9 Å². The van der Waals surface area contributed by atoms with Crippen LogP contribution in [0.5, 0.6) is 11.5 Å². The molecule has 0 saturated carbocycles. The van der Waals surface area contributed by atoms with Gasteiger partial charge in [0.05, 0.1) is 11.3 Å². The van der Waals surface area contributed by atoms with Crippen molar-refractivity contribution in [3.05, 3.63) is 77.4 Å². The third-order valence-electron chi connectivity index (χ3n) is 4.74. The van der Waals surface area contributed by atoms with E-state index >= 15 is 0 Å². The minimum atomic E-state index is -0.384. The van der Waals surface area contributed by atoms with Crippen LogP contribution in [0.25, 0.3) is 0 Å². The van der Waals surface area contributed by atoms with Gasteiger partial charge >= 0.3 is 6.03 Å². The summed E-state index contributed by atoms with van der Waals surface area (Å²) < 4.78 is 5.98. The molecule has 3 aromatic rings. The summed E-state index contributed by atoms with van der Waals surface area (Å²) in [6.45, 7) is 3.92. The van der Waals surface area contributed by atoms with Crippen LogP contribution in [0.3, 0.4) is 0 Å². The number of fused-ring (bicyclic) bond motifs is 2. The van der Waals surface area contributed by atoms with E-state index in [4.69, 9.17) is 4.74 Å². The van der Waals surface area contributed by atoms with Gasteiger partial charge in [-0.3, -0.25) is 4.79 Å². The molecule has 0 aliphatic carbocycles. The smallest absolute Gasteiger partial charge is 0.323 e. The van der Waals surface area contributed by atoms with Gasteiger partial charge in [-0.2, -0.15) is 0 Å². The summed E-state index contributed by atoms with van der Waals surface area (Å²) in [5.74, 6) is 0.865. The van der Waals surface area contributed by atoms with Crippen LogP contribution in [0.4, 0.5) is 21.9 Å². The molecule has 0 unspecified atom stereocenters. The van der Waals surface area contributed by atoms with Crippen LogP contribution in [0, 0.1) is 13.8 Å². The highest BCUT2D eigenvalue weighted by Crippen LogP contribution is 2.39. The van der Waals surface area contributed by atoms with Gasteiger partial charge in [0.25, 0.3) is 5.91 Å². The number of urea groups is 1. The second-order valence-corrected chi connectivity index (χ2v) is 7.10. The zero-order valence-corrected chi connectivity index (χ0v) is 16.4. The van der Waals surface area contributed by atoms with Gasteiger partial charge < -0.3 is 20.3 Å². The number of aryl methyl sites for hydroxylation is 2. The molecule has 3 aromatic carbocycles. The average molecular weight is 387 g/mol. The number of anilines is 3. The summed E-state index contributed by atoms with van der Waals surface area (Å²) in [5.41, 5.74) is 4.37. The fraction of sp³-hybridized carbons (Fsp3) is 0.130. The highest BCUT2D eigenvalue weighted by Gasteiger charge is 2.26. The third-order valence-corrected chi connectivity index (χ3v) is 4.74. The Morgan fingerprint density at radius 1 is 0.862 bits per heavy atom. The van der Waals surface area contributed by atoms with Crippen molar-refractivity contribution >= 4 is 29.0 Å². The van der Waals surface area contributed by atoms with Gasteiger partial charge in [-0.05, 0) is 67.4 Å². The van der Waals surface area contributed by atoms with Crippen LogP contribution >= 0.6 is 0 Å². The van der Waals surface area contributed by atoms with Crippen molar-refractivity contribution in [1.29, 1.82) is 0 Å². The van der Waals surface area contributed by atoms with Crippen LogP contribution in [0.15, 0.2) is 60.7 Å². The van der Waals surface area contributed by atoms with Crippen molar-refractivity contribution < 1.29 is 14.3 Å². The quantitative estimate of drug-likeness (QED) is 0.624. The number of carbonyl (C=O) groups excluding carboxylic acids is 2. The molecular formula is C23H21N3O3. The Bertz CT molecular complexity index is 1120. The van der Waals surface area contributed by atoms with Gasteiger partial charge in [0.15, 0.2) is 5.75 Å². The number of nitrogens with zero attached hydrogens (tertiary/aromatic N) is 1. The average Bonchev–Trinajstić information content (AvgIpc) is 2.78. The molecule has 6 heteroatoms. The molecule has 0 spiro atoms. The maximum absolute atomic E-state index is 13.0. The summed E-state index contributed by atoms with van der Waals surface area (Å²) in [7, 11) is 1.71. The van der Waals surface area contributed by atoms with Crippen LogP contribution in [-0.4, -0.2) is 19.0 Å². The van der Waals surface area contributed by atoms with Crippen molar-refractivity contribution in [3.8, 4) is 11.5 Å². The molecule has 0 atom stereocenters. The normalized spacial score (nSPS) is 12.4. The number of hydrogen-bond donors (Lipinski definition) is 2. The first kappa shape index (κ1) is 18.6. The number of hydrogen-bond acceptors (Lipinski definition) is 3. The van der Waals surface area contributed by atoms with Crippen LogP contribution in [-0.2, 0) is 0 Å². The van der Waals surface area contributed by atoms with Crippen LogP contribution in [0.1, 0.15) is 21.5 Å². The molecule has 0 radical (unpaired) electrons. The topological polar surface area (TPSA) is 70.7 Å². The number of nitrogens with one attached hydrogen (secondary N) is 2. The number of amides is 3. The largest absolute Gasteiger partial charge is 0.454 e. The lowest BCUT2D eigenvalue weighted by atomic mass is 10.1. The van der Waals surface area contributed by atoms with E-state index in [2.05, 4.69) is 10.6 Å². The van der Waals surface area contributed by atoms with Crippen molar-refractivity contribution in [2.75, 3.05) is 22.6 Å². The first-order valence-corrected chi connectivity index (χ1v) is 9.26. The molecule has 1 aliphatic heterocycles. The fourth-order valence-corrected chi connectivity index (χ4v) is 3.26. The van der Waals surface area contributed by atoms with Gasteiger partial charge in [0, 0.05) is 18.4 Å². The summed E-state index contributed by atoms with van der Waals surface area (Å²) in [6.07, 6.45) is 0. The Labute approximate surface area is 169 Å². The lowest BCUT2D eigenvalue weighted by Crippen LogP contribution is -2.25. The van der Waals surface area contributed by atoms with E-state index < -0.39 is 0 Å². The maximum Gasteiger partial charge on any atom is 0.323 e. The molecule has 0 aromatic heterocycles. The zero-order valence-electron chi connectivity index (χ0n) is 16.4. The summed E-state index contributed by atoms with van der Waals surface area (Å²) >= 11 is 0. The van der Waals surface area contributed by atoms with Crippen molar-refractivity contribution in [1.82, 2.24) is 0 Å². The van der Waals surface area contributed by atoms with E-state index in [0.717, 1.165) is 11.1 Å². The third kappa shape index (κ3) is 3.78. The first-order valence-electron chi connectivity index (χ1n) is 9.26. The number of rotatable bonds is 2. The predicted octanol–water partition coefficient (Wildman–Crippen LogP) is 5.33. The monoisotopic (exact) mass is 387 g/mol. The molecule has 146 valence electrons. The van der Waals surface area contributed by atoms with Crippen molar-refractivity contribution in [2.24, 2.45) is 0 Å². The molecule has 0 saturated heterocycles. The number of benzene rings is 3. The standard InChI is InChI=1S/C23H21N3O3/c1-14-5-4-6-16(11-14)24-23(28)25-17-8-10-20-18(13-17)22(27)26(3)19-12-15(2)7-9-21(19)29-20/h4-13H,1-3H3,(H2,24,25,28). The molecule has 1 aliphatic rings. The molecule has 6 nitrogen and oxygen atoms in total. The lowest BCUT2D eigenvalue weighted by molar-refractivity contribution is 0.0993. The highest BCUT2D eigenvalue weighted by molar-refractivity contribution is 6.10. The second kappa shape index (κ2) is 7.31. The number of carbonyl (C=O) groups is 2. The first-order chi connectivity index (χ1) is 13.9. The summed E-state index contributed by atoms with van der Waals surface area (Å²) in [6, 6.07) is 17.9. The molecule has 1 heterocycles. The molecule has 3 amide bonds.